The van der Waals surface area contributed by atoms with E-state index in [9.17, 15) is 29.7 Å². The van der Waals surface area contributed by atoms with Gasteiger partial charge in [-0.1, -0.05) is 34.8 Å². The molecule has 138 valence electrons. The molecule has 0 spiro atoms. The fourth-order valence-electron chi connectivity index (χ4n) is 1.87. The van der Waals surface area contributed by atoms with Gasteiger partial charge in [-0.3, -0.25) is 0 Å². The molecule has 1 aromatic rings. The summed E-state index contributed by atoms with van der Waals surface area (Å²) in [7, 11) is 0. The van der Waals surface area contributed by atoms with Crippen LogP contribution in [0.25, 0.3) is 0 Å². The van der Waals surface area contributed by atoms with Gasteiger partial charge in [0.1, 0.15) is 16.5 Å². The third-order valence-electron chi connectivity index (χ3n) is 3.17. The van der Waals surface area contributed by atoms with E-state index in [1.807, 2.05) is 0 Å². The van der Waals surface area contributed by atoms with Gasteiger partial charge in [0.05, 0.1) is 18.3 Å². The first-order valence-corrected chi connectivity index (χ1v) is 8.20. The predicted octanol–water partition coefficient (Wildman–Crippen LogP) is -0.474. The quantitative estimate of drug-likeness (QED) is 0.548. The van der Waals surface area contributed by atoms with Crippen LogP contribution in [0.1, 0.15) is 37.3 Å². The number of rotatable bonds is 6. The highest BCUT2D eigenvalue weighted by atomic mass is 35.5. The van der Waals surface area contributed by atoms with Crippen LogP contribution in [0.15, 0.2) is 14.4 Å². The van der Waals surface area contributed by atoms with Gasteiger partial charge in [0.15, 0.2) is 0 Å². The van der Waals surface area contributed by atoms with Crippen molar-refractivity contribution in [3.63, 3.8) is 0 Å². The van der Waals surface area contributed by atoms with E-state index >= 15 is 0 Å². The highest BCUT2D eigenvalue weighted by molar-refractivity contribution is 6.20. The van der Waals surface area contributed by atoms with E-state index in [0.29, 0.717) is 13.7 Å². The summed E-state index contributed by atoms with van der Waals surface area (Å²) in [6.45, 7) is 3.68. The first-order chi connectivity index (χ1) is 10.9. The second-order valence-electron chi connectivity index (χ2n) is 5.30. The summed E-state index contributed by atoms with van der Waals surface area (Å²) < 4.78 is 1.13. The highest BCUT2D eigenvalue weighted by Crippen LogP contribution is 2.17. The molecule has 0 aliphatic carbocycles. The number of halogens is 3. The fraction of sp³-hybridized carbons (Fsp3) is 0.750. The van der Waals surface area contributed by atoms with E-state index in [-0.39, 0.29) is 0 Å². The number of hydrogen-bond acceptors (Lipinski definition) is 6. The Morgan fingerprint density at radius 2 is 0.792 bits per heavy atom. The predicted molar refractivity (Wildman–Crippen MR) is 88.9 cm³/mol. The molecule has 9 nitrogen and oxygen atoms in total. The standard InChI is InChI=1S/C12H18Cl3N3O6/c1-4(19)7(13)16-10(22)17(8(14)5(2)20)12(24)18(11(16)23)9(15)6(3)21/h4-9,19-21H,1-3H3. The molecule has 0 fully saturated rings. The molecule has 0 saturated carbocycles. The average Bonchev–Trinajstić information content (AvgIpc) is 2.46. The third kappa shape index (κ3) is 3.87. The van der Waals surface area contributed by atoms with Crippen molar-refractivity contribution < 1.29 is 15.3 Å². The monoisotopic (exact) mass is 405 g/mol. The van der Waals surface area contributed by atoms with Gasteiger partial charge in [-0.05, 0) is 20.8 Å². The molecular formula is C12H18Cl3N3O6. The van der Waals surface area contributed by atoms with Gasteiger partial charge >= 0.3 is 17.1 Å². The molecule has 0 aliphatic heterocycles. The van der Waals surface area contributed by atoms with Crippen LogP contribution < -0.4 is 17.1 Å². The molecule has 0 aliphatic rings. The van der Waals surface area contributed by atoms with Gasteiger partial charge in [-0.15, -0.1) is 0 Å². The molecule has 0 aromatic carbocycles. The second kappa shape index (κ2) is 8.03. The summed E-state index contributed by atoms with van der Waals surface area (Å²) in [4.78, 5) is 37.4. The number of hydrogen-bond donors (Lipinski definition) is 3. The highest BCUT2D eigenvalue weighted by Gasteiger charge is 2.30. The molecule has 1 aromatic heterocycles. The van der Waals surface area contributed by atoms with E-state index < -0.39 is 51.9 Å². The second-order valence-corrected chi connectivity index (χ2v) is 6.64. The summed E-state index contributed by atoms with van der Waals surface area (Å²) in [6.07, 6.45) is -4.01. The zero-order valence-corrected chi connectivity index (χ0v) is 15.3. The zero-order chi connectivity index (χ0) is 18.9. The van der Waals surface area contributed by atoms with Crippen molar-refractivity contribution in [1.29, 1.82) is 0 Å². The molecule has 0 bridgehead atoms. The number of nitrogens with zero attached hydrogens (tertiary/aromatic N) is 3. The van der Waals surface area contributed by atoms with Crippen LogP contribution in [-0.4, -0.2) is 47.3 Å². The first kappa shape index (κ1) is 21.2. The smallest absolute Gasteiger partial charge is 0.339 e. The van der Waals surface area contributed by atoms with Crippen LogP contribution in [0, 0.1) is 0 Å². The molecule has 0 radical (unpaired) electrons. The van der Waals surface area contributed by atoms with Crippen molar-refractivity contribution in [2.45, 2.75) is 55.6 Å². The lowest BCUT2D eigenvalue weighted by atomic mass is 10.3. The molecule has 3 N–H and O–H groups in total. The van der Waals surface area contributed by atoms with Gasteiger partial charge in [-0.25, -0.2) is 28.1 Å². The van der Waals surface area contributed by atoms with Gasteiger partial charge in [0.2, 0.25) is 0 Å². The Bertz CT molecular complexity index is 624. The van der Waals surface area contributed by atoms with Crippen molar-refractivity contribution in [2.24, 2.45) is 0 Å². The Hall–Kier alpha value is -0.840. The molecule has 1 rings (SSSR count). The van der Waals surface area contributed by atoms with Crippen LogP contribution in [-0.2, 0) is 0 Å². The molecule has 24 heavy (non-hydrogen) atoms. The van der Waals surface area contributed by atoms with Gasteiger partial charge < -0.3 is 15.3 Å². The molecule has 0 amide bonds. The van der Waals surface area contributed by atoms with Gasteiger partial charge in [-0.2, -0.15) is 0 Å². The van der Waals surface area contributed by atoms with Crippen molar-refractivity contribution in [1.82, 2.24) is 13.7 Å². The number of alkyl halides is 3. The number of aliphatic hydroxyl groups is 3. The van der Waals surface area contributed by atoms with Crippen molar-refractivity contribution >= 4 is 34.8 Å². The topological polar surface area (TPSA) is 127 Å². The Morgan fingerprint density at radius 1 is 0.625 bits per heavy atom. The van der Waals surface area contributed by atoms with E-state index in [1.54, 1.807) is 0 Å². The molecule has 6 unspecified atom stereocenters. The number of aromatic nitrogens is 3. The molecule has 1 heterocycles. The Morgan fingerprint density at radius 3 is 0.917 bits per heavy atom. The van der Waals surface area contributed by atoms with Crippen molar-refractivity contribution in [3.8, 4) is 0 Å². The average molecular weight is 407 g/mol. The van der Waals surface area contributed by atoms with E-state index in [0.717, 1.165) is 0 Å². The largest absolute Gasteiger partial charge is 0.390 e. The summed E-state index contributed by atoms with van der Waals surface area (Å²) in [6, 6.07) is 0. The molecule has 12 heteroatoms. The van der Waals surface area contributed by atoms with Crippen molar-refractivity contribution in [3.05, 3.63) is 31.5 Å². The Labute approximate surface area is 151 Å². The van der Waals surface area contributed by atoms with Crippen LogP contribution in [0.2, 0.25) is 0 Å². The molecule has 6 atom stereocenters. The minimum absolute atomic E-state index is 0.378. The van der Waals surface area contributed by atoms with E-state index in [4.69, 9.17) is 34.8 Å². The normalized spacial score (nSPS) is 19.4. The summed E-state index contributed by atoms with van der Waals surface area (Å²) >= 11 is 17.7. The Kier molecular flexibility index (Phi) is 7.09. The Balaban J connectivity index is 3.97. The fourth-order valence-corrected chi connectivity index (χ4v) is 2.37. The van der Waals surface area contributed by atoms with E-state index in [1.165, 1.54) is 20.8 Å². The minimum atomic E-state index is -1.53. The summed E-state index contributed by atoms with van der Waals surface area (Å²) in [5.74, 6) is 0. The number of aliphatic hydroxyl groups excluding tert-OH is 3. The molecule has 0 saturated heterocycles. The van der Waals surface area contributed by atoms with E-state index in [2.05, 4.69) is 0 Å². The van der Waals surface area contributed by atoms with Crippen LogP contribution in [0.4, 0.5) is 0 Å². The maximum absolute atomic E-state index is 12.5. The summed E-state index contributed by atoms with van der Waals surface area (Å²) in [5, 5.41) is 28.7. The van der Waals surface area contributed by atoms with Crippen LogP contribution in [0.5, 0.6) is 0 Å². The molecular weight excluding hydrogens is 389 g/mol. The lowest BCUT2D eigenvalue weighted by molar-refractivity contribution is 0.136. The van der Waals surface area contributed by atoms with Crippen LogP contribution in [0.3, 0.4) is 0 Å². The summed E-state index contributed by atoms with van der Waals surface area (Å²) in [5.41, 5.74) is -8.26. The maximum Gasteiger partial charge on any atom is 0.339 e. The minimum Gasteiger partial charge on any atom is -0.390 e. The first-order valence-electron chi connectivity index (χ1n) is 6.89. The van der Waals surface area contributed by atoms with Crippen molar-refractivity contribution in [2.75, 3.05) is 0 Å². The lowest BCUT2D eigenvalue weighted by Crippen LogP contribution is -2.58. The van der Waals surface area contributed by atoms with Crippen LogP contribution >= 0.6 is 34.8 Å². The van der Waals surface area contributed by atoms with Gasteiger partial charge in [0.25, 0.3) is 0 Å². The van der Waals surface area contributed by atoms with Gasteiger partial charge in [0, 0.05) is 0 Å². The zero-order valence-electron chi connectivity index (χ0n) is 13.0. The SMILES string of the molecule is CC(O)C(Cl)n1c(=O)n(C(Cl)C(C)O)c(=O)n(C(Cl)C(C)O)c1=O. The third-order valence-corrected chi connectivity index (χ3v) is 4.85. The maximum atomic E-state index is 12.5. The lowest BCUT2D eigenvalue weighted by Gasteiger charge is -2.23.